The summed E-state index contributed by atoms with van der Waals surface area (Å²) in [6.07, 6.45) is 2.26. The van der Waals surface area contributed by atoms with E-state index in [9.17, 15) is 0 Å². The Balaban J connectivity index is 1.49. The zero-order valence-corrected chi connectivity index (χ0v) is 27.8. The van der Waals surface area contributed by atoms with Gasteiger partial charge in [-0.05, 0) is 116 Å². The third kappa shape index (κ3) is 4.84. The molecule has 1 heteroatoms. The number of hydrogen-bond donors (Lipinski definition) is 0. The molecule has 0 radical (unpaired) electrons. The van der Waals surface area contributed by atoms with Gasteiger partial charge in [-0.2, -0.15) is 0 Å². The summed E-state index contributed by atoms with van der Waals surface area (Å²) < 4.78 is 2.50. The van der Waals surface area contributed by atoms with Crippen LogP contribution in [0.3, 0.4) is 0 Å². The third-order valence-electron chi connectivity index (χ3n) is 10.6. The van der Waals surface area contributed by atoms with Crippen LogP contribution in [0.25, 0.3) is 71.3 Å². The Morgan fingerprint density at radius 2 is 0.872 bits per heavy atom. The fourth-order valence-corrected chi connectivity index (χ4v) is 7.56. The Bertz CT molecular complexity index is 2330. The van der Waals surface area contributed by atoms with E-state index < -0.39 is 0 Å². The van der Waals surface area contributed by atoms with Crippen molar-refractivity contribution >= 4 is 43.4 Å². The first kappa shape index (κ1) is 29.3. The highest BCUT2D eigenvalue weighted by atomic mass is 15.0. The van der Waals surface area contributed by atoms with Gasteiger partial charge in [-0.25, -0.2) is 0 Å². The first-order valence-corrected chi connectivity index (χ1v) is 17.2. The standard InChI is InChI=1S/C46H41N/c1-5-30(3)34-21-25-43-40(27-34)41-28-35(31(4)6-2)22-26-44(41)47(43)36-23-24-39-42(29-36)46(33-17-11-8-12-18-33)38-20-14-13-19-37(38)45(39)32-15-9-7-10-16-32/h7-31H,5-6H2,1-4H3. The van der Waals surface area contributed by atoms with E-state index in [1.54, 1.807) is 0 Å². The lowest BCUT2D eigenvalue weighted by molar-refractivity contribution is 0.734. The Kier molecular flexibility index (Phi) is 7.41. The lowest BCUT2D eigenvalue weighted by atomic mass is 9.86. The smallest absolute Gasteiger partial charge is 0.0541 e. The van der Waals surface area contributed by atoms with Crippen LogP contribution in [0.2, 0.25) is 0 Å². The van der Waals surface area contributed by atoms with Crippen LogP contribution < -0.4 is 0 Å². The molecule has 7 aromatic carbocycles. The van der Waals surface area contributed by atoms with E-state index in [-0.39, 0.29) is 0 Å². The predicted molar refractivity (Wildman–Crippen MR) is 204 cm³/mol. The monoisotopic (exact) mass is 607 g/mol. The van der Waals surface area contributed by atoms with Gasteiger partial charge in [-0.3, -0.25) is 0 Å². The van der Waals surface area contributed by atoms with Gasteiger partial charge in [-0.15, -0.1) is 0 Å². The Morgan fingerprint density at radius 1 is 0.426 bits per heavy atom. The number of hydrogen-bond acceptors (Lipinski definition) is 0. The molecule has 2 atom stereocenters. The van der Waals surface area contributed by atoms with Gasteiger partial charge < -0.3 is 4.57 Å². The molecule has 0 saturated heterocycles. The van der Waals surface area contributed by atoms with Crippen molar-refractivity contribution in [3.05, 3.63) is 151 Å². The van der Waals surface area contributed by atoms with Crippen LogP contribution in [0.5, 0.6) is 0 Å². The van der Waals surface area contributed by atoms with Gasteiger partial charge >= 0.3 is 0 Å². The molecule has 47 heavy (non-hydrogen) atoms. The Morgan fingerprint density at radius 3 is 1.36 bits per heavy atom. The second-order valence-corrected chi connectivity index (χ2v) is 13.3. The van der Waals surface area contributed by atoms with Gasteiger partial charge in [0.05, 0.1) is 11.0 Å². The average molecular weight is 608 g/mol. The highest BCUT2D eigenvalue weighted by Gasteiger charge is 2.20. The Hall–Kier alpha value is -5.14. The SMILES string of the molecule is CCC(C)c1ccc2c(c1)c1cc(C(C)CC)ccc1n2-c1ccc2c(-c3ccccc3)c3ccccc3c(-c3ccccc3)c2c1. The summed E-state index contributed by atoms with van der Waals surface area (Å²) in [6.45, 7) is 9.25. The largest absolute Gasteiger partial charge is 0.309 e. The van der Waals surface area contributed by atoms with Crippen molar-refractivity contribution in [2.45, 2.75) is 52.4 Å². The van der Waals surface area contributed by atoms with Crippen molar-refractivity contribution in [1.82, 2.24) is 4.57 Å². The van der Waals surface area contributed by atoms with Crippen LogP contribution in [0.1, 0.15) is 63.5 Å². The number of benzene rings is 7. The fourth-order valence-electron chi connectivity index (χ4n) is 7.56. The molecule has 1 nitrogen and oxygen atoms in total. The molecule has 0 aliphatic rings. The summed E-state index contributed by atoms with van der Waals surface area (Å²) in [5, 5.41) is 7.79. The second-order valence-electron chi connectivity index (χ2n) is 13.3. The van der Waals surface area contributed by atoms with E-state index in [0.29, 0.717) is 11.8 Å². The number of nitrogens with zero attached hydrogens (tertiary/aromatic N) is 1. The first-order valence-electron chi connectivity index (χ1n) is 17.2. The van der Waals surface area contributed by atoms with Crippen LogP contribution in [-0.2, 0) is 0 Å². The zero-order chi connectivity index (χ0) is 32.1. The third-order valence-corrected chi connectivity index (χ3v) is 10.6. The molecule has 8 rings (SSSR count). The van der Waals surface area contributed by atoms with Crippen LogP contribution >= 0.6 is 0 Å². The molecule has 230 valence electrons. The lowest BCUT2D eigenvalue weighted by Crippen LogP contribution is -1.97. The molecule has 1 aromatic heterocycles. The summed E-state index contributed by atoms with van der Waals surface area (Å²) in [7, 11) is 0. The van der Waals surface area contributed by atoms with Crippen molar-refractivity contribution in [1.29, 1.82) is 0 Å². The van der Waals surface area contributed by atoms with Crippen LogP contribution in [-0.4, -0.2) is 4.57 Å². The summed E-state index contributed by atoms with van der Waals surface area (Å²) in [5.74, 6) is 1.05. The van der Waals surface area contributed by atoms with E-state index in [1.165, 1.54) is 82.4 Å². The van der Waals surface area contributed by atoms with E-state index in [2.05, 4.69) is 172 Å². The predicted octanol–water partition coefficient (Wildman–Crippen LogP) is 13.5. The van der Waals surface area contributed by atoms with Gasteiger partial charge in [0.15, 0.2) is 0 Å². The van der Waals surface area contributed by atoms with Crippen molar-refractivity contribution < 1.29 is 0 Å². The molecule has 0 N–H and O–H groups in total. The maximum atomic E-state index is 2.50. The van der Waals surface area contributed by atoms with Crippen molar-refractivity contribution in [2.24, 2.45) is 0 Å². The number of aromatic nitrogens is 1. The van der Waals surface area contributed by atoms with E-state index >= 15 is 0 Å². The van der Waals surface area contributed by atoms with E-state index in [1.807, 2.05) is 0 Å². The van der Waals surface area contributed by atoms with Crippen molar-refractivity contribution in [3.63, 3.8) is 0 Å². The fraction of sp³-hybridized carbons (Fsp3) is 0.174. The summed E-state index contributed by atoms with van der Waals surface area (Å²) >= 11 is 0. The van der Waals surface area contributed by atoms with Gasteiger partial charge in [0.1, 0.15) is 0 Å². The topological polar surface area (TPSA) is 4.93 Å². The molecule has 0 aliphatic carbocycles. The molecule has 0 bridgehead atoms. The van der Waals surface area contributed by atoms with Gasteiger partial charge in [0, 0.05) is 16.5 Å². The zero-order valence-electron chi connectivity index (χ0n) is 27.8. The molecule has 2 unspecified atom stereocenters. The maximum Gasteiger partial charge on any atom is 0.0541 e. The highest BCUT2D eigenvalue weighted by molar-refractivity contribution is 6.22. The molecular formula is C46H41N. The molecule has 8 aromatic rings. The van der Waals surface area contributed by atoms with Crippen LogP contribution in [0.15, 0.2) is 140 Å². The molecule has 1 heterocycles. The maximum absolute atomic E-state index is 2.50. The molecule has 0 fully saturated rings. The van der Waals surface area contributed by atoms with Gasteiger partial charge in [0.25, 0.3) is 0 Å². The van der Waals surface area contributed by atoms with E-state index in [4.69, 9.17) is 0 Å². The van der Waals surface area contributed by atoms with Crippen molar-refractivity contribution in [3.8, 4) is 27.9 Å². The molecule has 0 aliphatic heterocycles. The minimum atomic E-state index is 0.523. The molecule has 0 spiro atoms. The van der Waals surface area contributed by atoms with Gasteiger partial charge in [-0.1, -0.05) is 131 Å². The minimum Gasteiger partial charge on any atom is -0.309 e. The molecule has 0 amide bonds. The minimum absolute atomic E-state index is 0.523. The first-order chi connectivity index (χ1) is 23.1. The number of fused-ring (bicyclic) bond motifs is 5. The van der Waals surface area contributed by atoms with E-state index in [0.717, 1.165) is 12.8 Å². The number of rotatable bonds is 7. The Labute approximate surface area is 278 Å². The van der Waals surface area contributed by atoms with Crippen LogP contribution in [0, 0.1) is 0 Å². The lowest BCUT2D eigenvalue weighted by Gasteiger charge is -2.19. The molecule has 0 saturated carbocycles. The summed E-state index contributed by atoms with van der Waals surface area (Å²) in [5.41, 5.74) is 11.6. The normalized spacial score (nSPS) is 13.1. The summed E-state index contributed by atoms with van der Waals surface area (Å²) in [6, 6.07) is 52.2. The van der Waals surface area contributed by atoms with Gasteiger partial charge in [0.2, 0.25) is 0 Å². The van der Waals surface area contributed by atoms with Crippen LogP contribution in [0.4, 0.5) is 0 Å². The quantitative estimate of drug-likeness (QED) is 0.159. The average Bonchev–Trinajstić information content (AvgIpc) is 3.46. The van der Waals surface area contributed by atoms with Crippen molar-refractivity contribution in [2.75, 3.05) is 0 Å². The second kappa shape index (κ2) is 11.9. The summed E-state index contributed by atoms with van der Waals surface area (Å²) in [4.78, 5) is 0. The molecular weight excluding hydrogens is 567 g/mol. The highest BCUT2D eigenvalue weighted by Crippen LogP contribution is 2.45.